The minimum atomic E-state index is -3.75. The molecule has 0 saturated carbocycles. The fraction of sp³-hybridized carbons (Fsp3) is 0.0667. The number of hydrogen-bond acceptors (Lipinski definition) is 2. The maximum absolute atomic E-state index is 12.8. The summed E-state index contributed by atoms with van der Waals surface area (Å²) in [5.41, 5.74) is 0.566. The number of anilines is 1. The smallest absolute Gasteiger partial charge is 0.262 e. The van der Waals surface area contributed by atoms with Crippen molar-refractivity contribution in [2.45, 2.75) is 4.90 Å². The molecule has 0 aliphatic rings. The Balaban J connectivity index is 2.55. The van der Waals surface area contributed by atoms with Gasteiger partial charge in [-0.05, 0) is 30.3 Å². The molecular weight excluding hydrogens is 374 g/mol. The van der Waals surface area contributed by atoms with E-state index in [1.165, 1.54) is 16.4 Å². The number of rotatable bonds is 5. The van der Waals surface area contributed by atoms with E-state index in [2.05, 4.69) is 22.5 Å². The average Bonchev–Trinajstić information content (AvgIpc) is 2.45. The highest BCUT2D eigenvalue weighted by molar-refractivity contribution is 9.10. The summed E-state index contributed by atoms with van der Waals surface area (Å²) in [6, 6.07) is 13.5. The molecule has 2 aromatic rings. The molecule has 0 saturated heterocycles. The second-order valence-electron chi connectivity index (χ2n) is 4.24. The number of para-hydroxylation sites is 1. The zero-order chi connectivity index (χ0) is 15.5. The molecular formula is C15H13BrClNO2S. The van der Waals surface area contributed by atoms with E-state index in [0.717, 1.165) is 4.47 Å². The normalized spacial score (nSPS) is 11.1. The molecule has 0 fully saturated rings. The van der Waals surface area contributed by atoms with Gasteiger partial charge in [-0.15, -0.1) is 6.58 Å². The predicted molar refractivity (Wildman–Crippen MR) is 90.3 cm³/mol. The van der Waals surface area contributed by atoms with Crippen LogP contribution in [-0.2, 0) is 10.0 Å². The van der Waals surface area contributed by atoms with Gasteiger partial charge in [0, 0.05) is 4.47 Å². The molecule has 0 aliphatic heterocycles. The second-order valence-corrected chi connectivity index (χ2v) is 7.39. The third kappa shape index (κ3) is 3.48. The highest BCUT2D eigenvalue weighted by atomic mass is 79.9. The lowest BCUT2D eigenvalue weighted by molar-refractivity contribution is 0.593. The van der Waals surface area contributed by atoms with E-state index in [0.29, 0.717) is 5.69 Å². The third-order valence-electron chi connectivity index (χ3n) is 2.80. The first kappa shape index (κ1) is 16.1. The van der Waals surface area contributed by atoms with Crippen LogP contribution in [0.5, 0.6) is 0 Å². The topological polar surface area (TPSA) is 37.4 Å². The lowest BCUT2D eigenvalue weighted by Gasteiger charge is -2.23. The van der Waals surface area contributed by atoms with Crippen molar-refractivity contribution in [1.29, 1.82) is 0 Å². The zero-order valence-corrected chi connectivity index (χ0v) is 14.2. The summed E-state index contributed by atoms with van der Waals surface area (Å²) < 4.78 is 27.7. The third-order valence-corrected chi connectivity index (χ3v) is 5.57. The van der Waals surface area contributed by atoms with Crippen molar-refractivity contribution in [3.05, 3.63) is 70.7 Å². The first-order valence-corrected chi connectivity index (χ1v) is 8.71. The highest BCUT2D eigenvalue weighted by Gasteiger charge is 2.26. The number of nitrogens with zero attached hydrogens (tertiary/aromatic N) is 1. The van der Waals surface area contributed by atoms with Gasteiger partial charge in [-0.2, -0.15) is 0 Å². The van der Waals surface area contributed by atoms with Crippen LogP contribution in [-0.4, -0.2) is 15.0 Å². The Morgan fingerprint density at radius 1 is 1.19 bits per heavy atom. The molecule has 0 atom stereocenters. The molecule has 0 radical (unpaired) electrons. The second kappa shape index (κ2) is 6.64. The van der Waals surface area contributed by atoms with Crippen LogP contribution in [0, 0.1) is 0 Å². The zero-order valence-electron chi connectivity index (χ0n) is 11.0. The summed E-state index contributed by atoms with van der Waals surface area (Å²) in [5, 5.41) is 0.175. The van der Waals surface area contributed by atoms with Crippen molar-refractivity contribution in [1.82, 2.24) is 0 Å². The van der Waals surface area contributed by atoms with Gasteiger partial charge in [0.1, 0.15) is 4.90 Å². The van der Waals surface area contributed by atoms with Crippen molar-refractivity contribution < 1.29 is 8.42 Å². The molecule has 0 unspecified atom stereocenters. The van der Waals surface area contributed by atoms with Crippen LogP contribution in [0.4, 0.5) is 5.69 Å². The van der Waals surface area contributed by atoms with Gasteiger partial charge < -0.3 is 0 Å². The van der Waals surface area contributed by atoms with E-state index in [-0.39, 0.29) is 16.5 Å². The van der Waals surface area contributed by atoms with Gasteiger partial charge in [0.25, 0.3) is 10.0 Å². The molecule has 110 valence electrons. The summed E-state index contributed by atoms with van der Waals surface area (Å²) in [7, 11) is -3.75. The lowest BCUT2D eigenvalue weighted by Crippen LogP contribution is -2.31. The Labute approximate surface area is 138 Å². The van der Waals surface area contributed by atoms with Crippen molar-refractivity contribution in [3.8, 4) is 0 Å². The van der Waals surface area contributed by atoms with E-state index in [1.54, 1.807) is 36.4 Å². The van der Waals surface area contributed by atoms with Crippen LogP contribution in [0.3, 0.4) is 0 Å². The van der Waals surface area contributed by atoms with Gasteiger partial charge in [0.15, 0.2) is 0 Å². The molecule has 2 rings (SSSR count). The SMILES string of the molecule is C=CCN(c1ccccc1)S(=O)(=O)c1ccc(Br)cc1Cl. The summed E-state index contributed by atoms with van der Waals surface area (Å²) in [4.78, 5) is 0.0677. The first-order valence-electron chi connectivity index (χ1n) is 6.10. The predicted octanol–water partition coefficient (Wildman–Crippen LogP) is 4.48. The Morgan fingerprint density at radius 3 is 2.43 bits per heavy atom. The van der Waals surface area contributed by atoms with Gasteiger partial charge in [-0.3, -0.25) is 4.31 Å². The number of sulfonamides is 1. The van der Waals surface area contributed by atoms with Gasteiger partial charge >= 0.3 is 0 Å². The number of halogens is 2. The summed E-state index contributed by atoms with van der Waals surface area (Å²) in [6.07, 6.45) is 1.54. The van der Waals surface area contributed by atoms with Gasteiger partial charge in [0.2, 0.25) is 0 Å². The Morgan fingerprint density at radius 2 is 1.86 bits per heavy atom. The molecule has 3 nitrogen and oxygen atoms in total. The van der Waals surface area contributed by atoms with Gasteiger partial charge in [0.05, 0.1) is 17.3 Å². The molecule has 0 aromatic heterocycles. The summed E-state index contributed by atoms with van der Waals surface area (Å²) in [5.74, 6) is 0. The maximum atomic E-state index is 12.8. The van der Waals surface area contributed by atoms with Crippen LogP contribution >= 0.6 is 27.5 Å². The molecule has 0 N–H and O–H groups in total. The van der Waals surface area contributed by atoms with Crippen molar-refractivity contribution in [2.75, 3.05) is 10.8 Å². The van der Waals surface area contributed by atoms with E-state index in [9.17, 15) is 8.42 Å². The van der Waals surface area contributed by atoms with Crippen LogP contribution in [0.2, 0.25) is 5.02 Å². The Bertz CT molecular complexity index is 748. The fourth-order valence-corrected chi connectivity index (χ4v) is 4.31. The number of hydrogen-bond donors (Lipinski definition) is 0. The monoisotopic (exact) mass is 385 g/mol. The minimum Gasteiger partial charge on any atom is -0.262 e. The van der Waals surface area contributed by atoms with E-state index >= 15 is 0 Å². The number of benzene rings is 2. The Kier molecular flexibility index (Phi) is 5.08. The Hall–Kier alpha value is -1.30. The summed E-state index contributed by atoms with van der Waals surface area (Å²) >= 11 is 9.35. The van der Waals surface area contributed by atoms with Crippen molar-refractivity contribution in [3.63, 3.8) is 0 Å². The van der Waals surface area contributed by atoms with Crippen LogP contribution in [0.25, 0.3) is 0 Å². The molecule has 0 aliphatic carbocycles. The van der Waals surface area contributed by atoms with Crippen LogP contribution in [0.15, 0.2) is 70.6 Å². The molecule has 0 spiro atoms. The standard InChI is InChI=1S/C15H13BrClNO2S/c1-2-10-18(13-6-4-3-5-7-13)21(19,20)15-9-8-12(16)11-14(15)17/h2-9,11H,1,10H2. The maximum Gasteiger partial charge on any atom is 0.266 e. The molecule has 2 aromatic carbocycles. The molecule has 21 heavy (non-hydrogen) atoms. The first-order chi connectivity index (χ1) is 9.96. The van der Waals surface area contributed by atoms with E-state index < -0.39 is 10.0 Å². The molecule has 0 heterocycles. The molecule has 0 amide bonds. The largest absolute Gasteiger partial charge is 0.266 e. The molecule has 6 heteroatoms. The quantitative estimate of drug-likeness (QED) is 0.710. The lowest BCUT2D eigenvalue weighted by atomic mass is 10.3. The average molecular weight is 387 g/mol. The van der Waals surface area contributed by atoms with Crippen molar-refractivity contribution in [2.24, 2.45) is 0 Å². The van der Waals surface area contributed by atoms with E-state index in [4.69, 9.17) is 11.6 Å². The van der Waals surface area contributed by atoms with Crippen LogP contribution in [0.1, 0.15) is 0 Å². The molecule has 0 bridgehead atoms. The highest BCUT2D eigenvalue weighted by Crippen LogP contribution is 2.30. The fourth-order valence-electron chi connectivity index (χ4n) is 1.86. The van der Waals surface area contributed by atoms with E-state index in [1.807, 2.05) is 6.07 Å². The van der Waals surface area contributed by atoms with Gasteiger partial charge in [-0.1, -0.05) is 51.8 Å². The summed E-state index contributed by atoms with van der Waals surface area (Å²) in [6.45, 7) is 3.79. The minimum absolute atomic E-state index is 0.0677. The van der Waals surface area contributed by atoms with Gasteiger partial charge in [-0.25, -0.2) is 8.42 Å². The van der Waals surface area contributed by atoms with Crippen LogP contribution < -0.4 is 4.31 Å². The van der Waals surface area contributed by atoms with Crippen molar-refractivity contribution >= 4 is 43.2 Å².